The summed E-state index contributed by atoms with van der Waals surface area (Å²) in [6, 6.07) is 6.07. The minimum absolute atomic E-state index is 0.182. The topological polar surface area (TPSA) is 58.1 Å². The smallest absolute Gasteiger partial charge is 0.258 e. The number of nitrogens with one attached hydrogen (secondary N) is 1. The van der Waals surface area contributed by atoms with Crippen LogP contribution in [-0.2, 0) is 0 Å². The van der Waals surface area contributed by atoms with Gasteiger partial charge in [-0.05, 0) is 30.4 Å². The van der Waals surface area contributed by atoms with Crippen molar-refractivity contribution in [2.75, 3.05) is 23.8 Å². The Morgan fingerprint density at radius 2 is 1.92 bits per heavy atom. The van der Waals surface area contributed by atoms with Gasteiger partial charge in [0.1, 0.15) is 0 Å². The van der Waals surface area contributed by atoms with Crippen LogP contribution in [0, 0.1) is 6.92 Å². The van der Waals surface area contributed by atoms with Crippen molar-refractivity contribution in [3.05, 3.63) is 47.3 Å². The van der Waals surface area contributed by atoms with Crippen molar-refractivity contribution in [1.82, 2.24) is 9.97 Å². The van der Waals surface area contributed by atoms with Crippen molar-refractivity contribution in [2.45, 2.75) is 46.5 Å². The molecule has 1 heterocycles. The summed E-state index contributed by atoms with van der Waals surface area (Å²) in [5, 5.41) is 3.03. The Labute approximate surface area is 150 Å². The molecule has 134 valence electrons. The second-order valence-electron chi connectivity index (χ2n) is 6.69. The minimum Gasteiger partial charge on any atom is -0.344 e. The maximum atomic E-state index is 12.6. The second-order valence-corrected chi connectivity index (χ2v) is 6.69. The van der Waals surface area contributed by atoms with E-state index in [9.17, 15) is 4.79 Å². The summed E-state index contributed by atoms with van der Waals surface area (Å²) < 4.78 is 0. The van der Waals surface area contributed by atoms with E-state index >= 15 is 0 Å². The fourth-order valence-corrected chi connectivity index (χ4v) is 2.66. The van der Waals surface area contributed by atoms with Crippen molar-refractivity contribution in [1.29, 1.82) is 0 Å². The molecule has 0 aliphatic carbocycles. The number of carbonyl (C=O) groups excluding carboxylic acids is 1. The summed E-state index contributed by atoms with van der Waals surface area (Å²) in [6.45, 7) is 9.30. The first-order chi connectivity index (χ1) is 11.9. The summed E-state index contributed by atoms with van der Waals surface area (Å²) in [6.07, 6.45) is 5.40. The zero-order chi connectivity index (χ0) is 18.4. The SMILES string of the molecule is CCCCN(C)c1ncc(C(=O)Nc2c(C)cccc2C(C)C)cn1. The third-order valence-corrected chi connectivity index (χ3v) is 4.25. The zero-order valence-corrected chi connectivity index (χ0v) is 15.8. The van der Waals surface area contributed by atoms with E-state index in [0.29, 0.717) is 17.4 Å². The van der Waals surface area contributed by atoms with E-state index in [1.807, 2.05) is 31.0 Å². The van der Waals surface area contributed by atoms with Gasteiger partial charge in [-0.15, -0.1) is 0 Å². The standard InChI is InChI=1S/C20H28N4O/c1-6-7-11-24(5)20-21-12-16(13-22-20)19(25)23-18-15(4)9-8-10-17(18)14(2)3/h8-10,12-14H,6-7,11H2,1-5H3,(H,23,25). The van der Waals surface area contributed by atoms with E-state index in [0.717, 1.165) is 36.2 Å². The van der Waals surface area contributed by atoms with Crippen LogP contribution in [0.2, 0.25) is 0 Å². The van der Waals surface area contributed by atoms with Crippen LogP contribution >= 0.6 is 0 Å². The molecule has 0 bridgehead atoms. The number of benzene rings is 1. The van der Waals surface area contributed by atoms with Gasteiger partial charge in [0.25, 0.3) is 5.91 Å². The molecule has 0 fully saturated rings. The van der Waals surface area contributed by atoms with Crippen LogP contribution in [0.5, 0.6) is 0 Å². The Bertz CT molecular complexity index is 710. The molecule has 1 aromatic heterocycles. The fraction of sp³-hybridized carbons (Fsp3) is 0.450. The number of unbranched alkanes of at least 4 members (excludes halogenated alkanes) is 1. The largest absolute Gasteiger partial charge is 0.344 e. The van der Waals surface area contributed by atoms with Gasteiger partial charge in [0, 0.05) is 31.7 Å². The molecule has 1 amide bonds. The van der Waals surface area contributed by atoms with E-state index in [4.69, 9.17) is 0 Å². The number of para-hydroxylation sites is 1. The molecule has 2 aromatic rings. The molecule has 0 radical (unpaired) electrons. The Kier molecular flexibility index (Phi) is 6.51. The third kappa shape index (κ3) is 4.78. The lowest BCUT2D eigenvalue weighted by Gasteiger charge is -2.17. The van der Waals surface area contributed by atoms with Crippen molar-refractivity contribution < 1.29 is 4.79 Å². The molecule has 5 nitrogen and oxygen atoms in total. The van der Waals surface area contributed by atoms with Gasteiger partial charge < -0.3 is 10.2 Å². The molecule has 0 spiro atoms. The predicted octanol–water partition coefficient (Wildman–Crippen LogP) is 4.40. The van der Waals surface area contributed by atoms with E-state index in [1.54, 1.807) is 12.4 Å². The zero-order valence-electron chi connectivity index (χ0n) is 15.8. The van der Waals surface area contributed by atoms with Gasteiger partial charge in [0.05, 0.1) is 5.56 Å². The number of hydrogen-bond donors (Lipinski definition) is 1. The van der Waals surface area contributed by atoms with Crippen molar-refractivity contribution >= 4 is 17.5 Å². The normalized spacial score (nSPS) is 10.8. The average molecular weight is 340 g/mol. The number of aromatic nitrogens is 2. The summed E-state index contributed by atoms with van der Waals surface area (Å²) >= 11 is 0. The lowest BCUT2D eigenvalue weighted by atomic mass is 9.98. The van der Waals surface area contributed by atoms with Gasteiger partial charge >= 0.3 is 0 Å². The van der Waals surface area contributed by atoms with Gasteiger partial charge in [-0.1, -0.05) is 45.4 Å². The Balaban J connectivity index is 2.14. The molecule has 0 saturated carbocycles. The van der Waals surface area contributed by atoms with E-state index < -0.39 is 0 Å². The van der Waals surface area contributed by atoms with Crippen molar-refractivity contribution in [3.8, 4) is 0 Å². The van der Waals surface area contributed by atoms with E-state index in [1.165, 1.54) is 0 Å². The van der Waals surface area contributed by atoms with Crippen LogP contribution in [0.15, 0.2) is 30.6 Å². The number of nitrogens with zero attached hydrogens (tertiary/aromatic N) is 3. The molecule has 5 heteroatoms. The van der Waals surface area contributed by atoms with Crippen LogP contribution < -0.4 is 10.2 Å². The highest BCUT2D eigenvalue weighted by Crippen LogP contribution is 2.27. The third-order valence-electron chi connectivity index (χ3n) is 4.25. The maximum absolute atomic E-state index is 12.6. The Morgan fingerprint density at radius 3 is 2.52 bits per heavy atom. The molecule has 0 saturated heterocycles. The summed E-state index contributed by atoms with van der Waals surface area (Å²) in [7, 11) is 1.97. The van der Waals surface area contributed by atoms with Crippen molar-refractivity contribution in [3.63, 3.8) is 0 Å². The van der Waals surface area contributed by atoms with Gasteiger partial charge in [0.2, 0.25) is 5.95 Å². The summed E-state index contributed by atoms with van der Waals surface area (Å²) in [4.78, 5) is 23.2. The van der Waals surface area contributed by atoms with Crippen LogP contribution in [0.3, 0.4) is 0 Å². The highest BCUT2D eigenvalue weighted by atomic mass is 16.1. The van der Waals surface area contributed by atoms with Gasteiger partial charge in [-0.2, -0.15) is 0 Å². The number of carbonyl (C=O) groups is 1. The first-order valence-electron chi connectivity index (χ1n) is 8.88. The maximum Gasteiger partial charge on any atom is 0.258 e. The Hall–Kier alpha value is -2.43. The number of hydrogen-bond acceptors (Lipinski definition) is 4. The van der Waals surface area contributed by atoms with Gasteiger partial charge in [0.15, 0.2) is 0 Å². The van der Waals surface area contributed by atoms with Gasteiger partial charge in [-0.3, -0.25) is 4.79 Å². The monoisotopic (exact) mass is 340 g/mol. The van der Waals surface area contributed by atoms with Crippen LogP contribution in [0.4, 0.5) is 11.6 Å². The van der Waals surface area contributed by atoms with Crippen molar-refractivity contribution in [2.24, 2.45) is 0 Å². The average Bonchev–Trinajstić information content (AvgIpc) is 2.61. The van der Waals surface area contributed by atoms with Crippen LogP contribution in [-0.4, -0.2) is 29.5 Å². The molecular formula is C20H28N4O. The fourth-order valence-electron chi connectivity index (χ4n) is 2.66. The molecular weight excluding hydrogens is 312 g/mol. The van der Waals surface area contributed by atoms with E-state index in [-0.39, 0.29) is 5.91 Å². The molecule has 25 heavy (non-hydrogen) atoms. The number of aryl methyl sites for hydroxylation is 1. The molecule has 1 N–H and O–H groups in total. The quantitative estimate of drug-likeness (QED) is 0.812. The number of amides is 1. The molecule has 0 atom stereocenters. The highest BCUT2D eigenvalue weighted by molar-refractivity contribution is 6.04. The molecule has 0 unspecified atom stereocenters. The number of anilines is 2. The van der Waals surface area contributed by atoms with E-state index in [2.05, 4.69) is 42.1 Å². The predicted molar refractivity (Wildman–Crippen MR) is 103 cm³/mol. The Morgan fingerprint density at radius 1 is 1.24 bits per heavy atom. The summed E-state index contributed by atoms with van der Waals surface area (Å²) in [5.74, 6) is 0.795. The first kappa shape index (κ1) is 18.9. The summed E-state index contributed by atoms with van der Waals surface area (Å²) in [5.41, 5.74) is 3.53. The lowest BCUT2D eigenvalue weighted by Crippen LogP contribution is -2.21. The molecule has 2 rings (SSSR count). The molecule has 0 aliphatic rings. The molecule has 1 aromatic carbocycles. The van der Waals surface area contributed by atoms with Crippen LogP contribution in [0.25, 0.3) is 0 Å². The van der Waals surface area contributed by atoms with Crippen LogP contribution in [0.1, 0.15) is 61.0 Å². The number of rotatable bonds is 7. The lowest BCUT2D eigenvalue weighted by molar-refractivity contribution is 0.102. The molecule has 0 aliphatic heterocycles. The highest BCUT2D eigenvalue weighted by Gasteiger charge is 2.14. The first-order valence-corrected chi connectivity index (χ1v) is 8.88. The second kappa shape index (κ2) is 8.60. The van der Waals surface area contributed by atoms with Gasteiger partial charge in [-0.25, -0.2) is 9.97 Å². The minimum atomic E-state index is -0.182.